The fourth-order valence-corrected chi connectivity index (χ4v) is 2.08. The predicted molar refractivity (Wildman–Crippen MR) is 66.7 cm³/mol. The molecule has 2 rings (SSSR count). The van der Waals surface area contributed by atoms with Crippen molar-refractivity contribution in [2.75, 3.05) is 12.3 Å². The summed E-state index contributed by atoms with van der Waals surface area (Å²) in [6.45, 7) is 4.24. The fourth-order valence-electron chi connectivity index (χ4n) is 2.08. The van der Waals surface area contributed by atoms with E-state index in [1.807, 2.05) is 13.8 Å². The average Bonchev–Trinajstić information content (AvgIpc) is 2.64. The van der Waals surface area contributed by atoms with E-state index in [1.165, 1.54) is 0 Å². The van der Waals surface area contributed by atoms with Crippen LogP contribution in [0.25, 0.3) is 0 Å². The molecule has 0 aliphatic carbocycles. The van der Waals surface area contributed by atoms with Crippen LogP contribution in [0.3, 0.4) is 0 Å². The number of benzene rings is 1. The number of hydrogen-bond acceptors (Lipinski definition) is 3. The predicted octanol–water partition coefficient (Wildman–Crippen LogP) is 1.84. The maximum atomic E-state index is 13.2. The van der Waals surface area contributed by atoms with Crippen LogP contribution in [0, 0.1) is 11.6 Å². The molecule has 0 spiro atoms. The number of nitrogens with one attached hydrogen (secondary N) is 1. The number of nitrogens with two attached hydrogens (primary N) is 1. The van der Waals surface area contributed by atoms with Crippen molar-refractivity contribution in [2.45, 2.75) is 31.9 Å². The van der Waals surface area contributed by atoms with E-state index in [2.05, 4.69) is 5.32 Å². The molecular weight excluding hydrogens is 254 g/mol. The lowest BCUT2D eigenvalue weighted by molar-refractivity contribution is 0.0727. The van der Waals surface area contributed by atoms with Crippen molar-refractivity contribution in [1.29, 1.82) is 0 Å². The molecule has 1 amide bonds. The Bertz CT molecular complexity index is 522. The molecule has 0 bridgehead atoms. The fraction of sp³-hybridized carbons (Fsp3) is 0.462. The van der Waals surface area contributed by atoms with E-state index in [0.29, 0.717) is 13.0 Å². The molecule has 3 N–H and O–H groups in total. The van der Waals surface area contributed by atoms with Gasteiger partial charge in [0, 0.05) is 18.4 Å². The molecule has 6 heteroatoms. The zero-order chi connectivity index (χ0) is 14.2. The van der Waals surface area contributed by atoms with E-state index in [1.54, 1.807) is 0 Å². The number of amides is 1. The third-order valence-electron chi connectivity index (χ3n) is 3.62. The normalized spacial score (nSPS) is 26.4. The maximum absolute atomic E-state index is 13.2. The van der Waals surface area contributed by atoms with Crippen LogP contribution in [0.4, 0.5) is 14.5 Å². The second kappa shape index (κ2) is 4.77. The average molecular weight is 270 g/mol. The van der Waals surface area contributed by atoms with Gasteiger partial charge < -0.3 is 15.8 Å². The van der Waals surface area contributed by atoms with E-state index >= 15 is 0 Å². The molecule has 4 nitrogen and oxygen atoms in total. The quantitative estimate of drug-likeness (QED) is 0.806. The molecule has 0 aromatic heterocycles. The van der Waals surface area contributed by atoms with Crippen LogP contribution in [-0.2, 0) is 4.74 Å². The van der Waals surface area contributed by atoms with Gasteiger partial charge in [0.25, 0.3) is 5.91 Å². The highest BCUT2D eigenvalue weighted by Gasteiger charge is 2.38. The highest BCUT2D eigenvalue weighted by atomic mass is 19.2. The summed E-state index contributed by atoms with van der Waals surface area (Å²) >= 11 is 0. The minimum atomic E-state index is -1.10. The maximum Gasteiger partial charge on any atom is 0.253 e. The van der Waals surface area contributed by atoms with Gasteiger partial charge in [-0.25, -0.2) is 8.78 Å². The number of carbonyl (C=O) groups excluding carboxylic acids is 1. The molecule has 0 radical (unpaired) electrons. The Morgan fingerprint density at radius 2 is 2.11 bits per heavy atom. The van der Waals surface area contributed by atoms with Gasteiger partial charge in [0.05, 0.1) is 17.2 Å². The van der Waals surface area contributed by atoms with Gasteiger partial charge in [-0.05, 0) is 26.3 Å². The number of ether oxygens (including phenoxy) is 1. The molecule has 1 aliphatic rings. The van der Waals surface area contributed by atoms with Gasteiger partial charge >= 0.3 is 0 Å². The molecule has 1 fully saturated rings. The van der Waals surface area contributed by atoms with Crippen LogP contribution in [0.2, 0.25) is 0 Å². The number of nitrogen functional groups attached to an aromatic ring is 1. The van der Waals surface area contributed by atoms with Crippen LogP contribution in [0.5, 0.6) is 0 Å². The van der Waals surface area contributed by atoms with Gasteiger partial charge in [0.1, 0.15) is 0 Å². The Hall–Kier alpha value is -1.69. The summed E-state index contributed by atoms with van der Waals surface area (Å²) in [5.74, 6) is -2.70. The standard InChI is InChI=1S/C13H16F2N2O2/c1-7-13(2,3-4-19-7)17-12(18)8-5-9(14)10(15)6-11(8)16/h5-7H,3-4,16H2,1-2H3,(H,17,18). The van der Waals surface area contributed by atoms with Gasteiger partial charge in [-0.2, -0.15) is 0 Å². The van der Waals surface area contributed by atoms with E-state index in [0.717, 1.165) is 12.1 Å². The van der Waals surface area contributed by atoms with Crippen molar-refractivity contribution in [1.82, 2.24) is 5.32 Å². The Labute approximate surface area is 109 Å². The van der Waals surface area contributed by atoms with Crippen LogP contribution in [0.1, 0.15) is 30.6 Å². The molecule has 2 unspecified atom stereocenters. The van der Waals surface area contributed by atoms with Gasteiger partial charge in [-0.3, -0.25) is 4.79 Å². The van der Waals surface area contributed by atoms with Crippen molar-refractivity contribution in [3.63, 3.8) is 0 Å². The van der Waals surface area contributed by atoms with Gasteiger partial charge in [0.15, 0.2) is 11.6 Å². The first-order chi connectivity index (χ1) is 8.83. The van der Waals surface area contributed by atoms with Gasteiger partial charge in [-0.1, -0.05) is 0 Å². The van der Waals surface area contributed by atoms with Gasteiger partial charge in [-0.15, -0.1) is 0 Å². The summed E-state index contributed by atoms with van der Waals surface area (Å²) in [5, 5.41) is 2.78. The van der Waals surface area contributed by atoms with Crippen LogP contribution < -0.4 is 11.1 Å². The Balaban J connectivity index is 2.23. The second-order valence-electron chi connectivity index (χ2n) is 4.99. The molecule has 0 saturated carbocycles. The van der Waals surface area contributed by atoms with Crippen LogP contribution >= 0.6 is 0 Å². The van der Waals surface area contributed by atoms with E-state index in [-0.39, 0.29) is 17.4 Å². The summed E-state index contributed by atoms with van der Waals surface area (Å²) in [4.78, 5) is 12.1. The van der Waals surface area contributed by atoms with Crippen LogP contribution in [-0.4, -0.2) is 24.2 Å². The first-order valence-electron chi connectivity index (χ1n) is 6.02. The van der Waals surface area contributed by atoms with E-state index < -0.39 is 23.1 Å². The molecule has 1 aromatic carbocycles. The first kappa shape index (κ1) is 13.7. The summed E-state index contributed by atoms with van der Waals surface area (Å²) in [6, 6.07) is 1.62. The topological polar surface area (TPSA) is 64.3 Å². The van der Waals surface area contributed by atoms with E-state index in [9.17, 15) is 13.6 Å². The summed E-state index contributed by atoms with van der Waals surface area (Å²) < 4.78 is 31.5. The summed E-state index contributed by atoms with van der Waals surface area (Å²) in [5.41, 5.74) is 4.85. The molecule has 1 saturated heterocycles. The molecule has 1 aromatic rings. The monoisotopic (exact) mass is 270 g/mol. The molecule has 1 aliphatic heterocycles. The van der Waals surface area contributed by atoms with Crippen molar-refractivity contribution in [2.24, 2.45) is 0 Å². The number of hydrogen-bond donors (Lipinski definition) is 2. The second-order valence-corrected chi connectivity index (χ2v) is 4.99. The Morgan fingerprint density at radius 1 is 1.47 bits per heavy atom. The van der Waals surface area contributed by atoms with Crippen molar-refractivity contribution >= 4 is 11.6 Å². The van der Waals surface area contributed by atoms with Crippen molar-refractivity contribution in [3.05, 3.63) is 29.3 Å². The Kier molecular flexibility index (Phi) is 3.45. The van der Waals surface area contributed by atoms with Crippen molar-refractivity contribution in [3.8, 4) is 0 Å². The lowest BCUT2D eigenvalue weighted by atomic mass is 9.94. The zero-order valence-electron chi connectivity index (χ0n) is 10.8. The summed E-state index contributed by atoms with van der Waals surface area (Å²) in [6.07, 6.45) is 0.506. The number of halogens is 2. The minimum absolute atomic E-state index is 0.0702. The number of rotatable bonds is 2. The highest BCUT2D eigenvalue weighted by molar-refractivity contribution is 5.99. The third kappa shape index (κ3) is 2.53. The molecule has 104 valence electrons. The number of carbonyl (C=O) groups is 1. The largest absolute Gasteiger partial charge is 0.398 e. The first-order valence-corrected chi connectivity index (χ1v) is 6.02. The van der Waals surface area contributed by atoms with Crippen molar-refractivity contribution < 1.29 is 18.3 Å². The Morgan fingerprint density at radius 3 is 2.68 bits per heavy atom. The number of anilines is 1. The summed E-state index contributed by atoms with van der Waals surface area (Å²) in [7, 11) is 0. The molecule has 1 heterocycles. The lowest BCUT2D eigenvalue weighted by Gasteiger charge is -2.29. The zero-order valence-corrected chi connectivity index (χ0v) is 10.8. The molecular formula is C13H16F2N2O2. The molecule has 19 heavy (non-hydrogen) atoms. The molecule has 2 atom stereocenters. The third-order valence-corrected chi connectivity index (χ3v) is 3.62. The SMILES string of the molecule is CC1OCCC1(C)NC(=O)c1cc(F)c(F)cc1N. The minimum Gasteiger partial charge on any atom is -0.398 e. The smallest absolute Gasteiger partial charge is 0.253 e. The van der Waals surface area contributed by atoms with Gasteiger partial charge in [0.2, 0.25) is 0 Å². The highest BCUT2D eigenvalue weighted by Crippen LogP contribution is 2.26. The lowest BCUT2D eigenvalue weighted by Crippen LogP contribution is -2.50. The van der Waals surface area contributed by atoms with Crippen LogP contribution in [0.15, 0.2) is 12.1 Å². The van der Waals surface area contributed by atoms with E-state index in [4.69, 9.17) is 10.5 Å².